The minimum atomic E-state index is -1.92. The van der Waals surface area contributed by atoms with Gasteiger partial charge in [0.05, 0.1) is 18.1 Å². The third-order valence-electron chi connectivity index (χ3n) is 5.06. The highest BCUT2D eigenvalue weighted by molar-refractivity contribution is 6.74. The summed E-state index contributed by atoms with van der Waals surface area (Å²) in [4.78, 5) is 11.9. The summed E-state index contributed by atoms with van der Waals surface area (Å²) in [5, 5.41) is 3.91. The lowest BCUT2D eigenvalue weighted by molar-refractivity contribution is 0.265. The van der Waals surface area contributed by atoms with E-state index >= 15 is 0 Å². The summed E-state index contributed by atoms with van der Waals surface area (Å²) < 4.78 is 11.6. The van der Waals surface area contributed by atoms with Crippen LogP contribution in [0.3, 0.4) is 0 Å². The molecule has 1 atom stereocenters. The molecule has 2 aromatic heterocycles. The van der Waals surface area contributed by atoms with Gasteiger partial charge in [0.1, 0.15) is 0 Å². The molecule has 0 radical (unpaired) electrons. The molecule has 8 heteroatoms. The van der Waals surface area contributed by atoms with Crippen LogP contribution in [0.15, 0.2) is 29.5 Å². The fourth-order valence-electron chi connectivity index (χ4n) is 2.37. The topological polar surface area (TPSA) is 93.0 Å². The van der Waals surface area contributed by atoms with Crippen molar-refractivity contribution in [1.82, 2.24) is 9.97 Å². The van der Waals surface area contributed by atoms with Crippen molar-refractivity contribution in [3.63, 3.8) is 0 Å². The van der Waals surface area contributed by atoms with Crippen LogP contribution >= 0.6 is 0 Å². The van der Waals surface area contributed by atoms with E-state index in [1.54, 1.807) is 19.4 Å². The molecule has 0 fully saturated rings. The van der Waals surface area contributed by atoms with Crippen LogP contribution in [0.4, 0.5) is 0 Å². The van der Waals surface area contributed by atoms with Gasteiger partial charge in [-0.25, -0.2) is 4.98 Å². The van der Waals surface area contributed by atoms with Crippen LogP contribution < -0.4 is 4.74 Å². The predicted molar refractivity (Wildman–Crippen MR) is 106 cm³/mol. The molecule has 0 saturated heterocycles. The summed E-state index contributed by atoms with van der Waals surface area (Å²) in [6.07, 6.45) is 1.75. The average molecular weight is 374 g/mol. The molecule has 0 aromatic carbocycles. The maximum atomic E-state index is 8.79. The van der Waals surface area contributed by atoms with E-state index in [0.717, 1.165) is 16.6 Å². The third kappa shape index (κ3) is 4.52. The number of rotatable bonds is 7. The van der Waals surface area contributed by atoms with E-state index in [1.807, 2.05) is 12.1 Å². The molecule has 2 heterocycles. The lowest BCUT2D eigenvalue weighted by Crippen LogP contribution is -2.42. The largest absolute Gasteiger partial charge is 0.481 e. The van der Waals surface area contributed by atoms with E-state index < -0.39 is 8.32 Å². The zero-order chi connectivity index (χ0) is 19.4. The molecule has 0 aliphatic heterocycles. The fourth-order valence-corrected chi connectivity index (χ4v) is 3.42. The second-order valence-corrected chi connectivity index (χ2v) is 12.6. The zero-order valence-electron chi connectivity index (χ0n) is 16.4. The smallest absolute Gasteiger partial charge is 0.213 e. The van der Waals surface area contributed by atoms with Gasteiger partial charge < -0.3 is 9.16 Å². The van der Waals surface area contributed by atoms with E-state index in [0.29, 0.717) is 19.0 Å². The Hall–Kier alpha value is -2.15. The highest BCUT2D eigenvalue weighted by Crippen LogP contribution is 2.37. The Bertz CT molecular complexity index is 813. The Kier molecular flexibility index (Phi) is 6.23. The van der Waals surface area contributed by atoms with Gasteiger partial charge in [-0.15, -0.1) is 0 Å². The van der Waals surface area contributed by atoms with Crippen molar-refractivity contribution in [3.8, 4) is 5.88 Å². The molecule has 0 unspecified atom stereocenters. The first-order valence-electron chi connectivity index (χ1n) is 8.64. The molecule has 140 valence electrons. The number of fused-ring (bicyclic) bond motifs is 1. The molecule has 0 bridgehead atoms. The zero-order valence-corrected chi connectivity index (χ0v) is 17.4. The number of pyridine rings is 2. The van der Waals surface area contributed by atoms with Gasteiger partial charge in [-0.2, -0.15) is 0 Å². The molecular weight excluding hydrogens is 346 g/mol. The van der Waals surface area contributed by atoms with Crippen molar-refractivity contribution < 1.29 is 9.16 Å². The Morgan fingerprint density at radius 3 is 2.62 bits per heavy atom. The van der Waals surface area contributed by atoms with E-state index in [4.69, 9.17) is 14.7 Å². The van der Waals surface area contributed by atoms with Gasteiger partial charge in [-0.05, 0) is 41.4 Å². The van der Waals surface area contributed by atoms with Crippen molar-refractivity contribution in [2.45, 2.75) is 44.8 Å². The van der Waals surface area contributed by atoms with Crippen molar-refractivity contribution in [2.24, 2.45) is 5.11 Å². The maximum Gasteiger partial charge on any atom is 0.213 e. The van der Waals surface area contributed by atoms with Crippen LogP contribution in [0.5, 0.6) is 5.88 Å². The van der Waals surface area contributed by atoms with E-state index in [9.17, 15) is 0 Å². The van der Waals surface area contributed by atoms with Crippen LogP contribution in [-0.4, -0.2) is 38.5 Å². The third-order valence-corrected chi connectivity index (χ3v) is 9.56. The molecular formula is C18H27N5O2Si. The summed E-state index contributed by atoms with van der Waals surface area (Å²) in [5.41, 5.74) is 11.3. The molecule has 0 aliphatic rings. The van der Waals surface area contributed by atoms with E-state index in [2.05, 4.69) is 53.9 Å². The number of ether oxygens (including phenoxy) is 1. The Balaban J connectivity index is 2.41. The normalized spacial score (nSPS) is 13.3. The fraction of sp³-hybridized carbons (Fsp3) is 0.556. The van der Waals surface area contributed by atoms with Crippen molar-refractivity contribution in [2.75, 3.05) is 20.3 Å². The second kappa shape index (κ2) is 8.03. The highest BCUT2D eigenvalue weighted by Gasteiger charge is 2.37. The first-order chi connectivity index (χ1) is 12.2. The van der Waals surface area contributed by atoms with Gasteiger partial charge in [-0.3, -0.25) is 4.98 Å². The SMILES string of the molecule is COc1ccc2nccc([C@H](CN=[N+]=[N-])CO[Si](C)(C)C(C)(C)C)c2n1. The van der Waals surface area contributed by atoms with Crippen LogP contribution in [0.25, 0.3) is 21.5 Å². The number of aromatic nitrogens is 2. The van der Waals surface area contributed by atoms with Gasteiger partial charge >= 0.3 is 0 Å². The van der Waals surface area contributed by atoms with Gasteiger partial charge in [0, 0.05) is 36.2 Å². The Morgan fingerprint density at radius 2 is 2.00 bits per heavy atom. The summed E-state index contributed by atoms with van der Waals surface area (Å²) in [6.45, 7) is 11.8. The molecule has 0 aliphatic carbocycles. The van der Waals surface area contributed by atoms with Crippen LogP contribution in [0, 0.1) is 0 Å². The van der Waals surface area contributed by atoms with Crippen molar-refractivity contribution in [3.05, 3.63) is 40.4 Å². The average Bonchev–Trinajstić information content (AvgIpc) is 2.60. The van der Waals surface area contributed by atoms with E-state index in [1.165, 1.54) is 0 Å². The number of nitrogens with zero attached hydrogens (tertiary/aromatic N) is 5. The second-order valence-electron chi connectivity index (χ2n) is 7.80. The maximum absolute atomic E-state index is 8.79. The highest BCUT2D eigenvalue weighted by atomic mass is 28.4. The van der Waals surface area contributed by atoms with Gasteiger partial charge in [0.25, 0.3) is 0 Å². The predicted octanol–water partition coefficient (Wildman–Crippen LogP) is 5.05. The molecule has 2 aromatic rings. The number of hydrogen-bond acceptors (Lipinski definition) is 5. The monoisotopic (exact) mass is 373 g/mol. The lowest BCUT2D eigenvalue weighted by Gasteiger charge is -2.37. The van der Waals surface area contributed by atoms with Crippen molar-refractivity contribution in [1.29, 1.82) is 0 Å². The molecule has 0 N–H and O–H groups in total. The van der Waals surface area contributed by atoms with Crippen LogP contribution in [-0.2, 0) is 4.43 Å². The van der Waals surface area contributed by atoms with Gasteiger partial charge in [0.2, 0.25) is 5.88 Å². The molecule has 0 saturated carbocycles. The first-order valence-corrected chi connectivity index (χ1v) is 11.5. The van der Waals surface area contributed by atoms with Crippen LogP contribution in [0.1, 0.15) is 32.3 Å². The molecule has 0 spiro atoms. The standard InChI is InChI=1S/C18H27N5O2Si/c1-18(2,3)26(5,6)25-12-13(11-21-23-19)14-9-10-20-15-7-8-16(24-4)22-17(14)15/h7-10,13H,11-12H2,1-6H3/t13-/m1/s1. The van der Waals surface area contributed by atoms with Crippen LogP contribution in [0.2, 0.25) is 18.1 Å². The summed E-state index contributed by atoms with van der Waals surface area (Å²) in [7, 11) is -0.335. The number of methoxy groups -OCH3 is 1. The van der Waals surface area contributed by atoms with Gasteiger partial charge in [-0.1, -0.05) is 25.9 Å². The quantitative estimate of drug-likeness (QED) is 0.293. The summed E-state index contributed by atoms with van der Waals surface area (Å²) >= 11 is 0. The van der Waals surface area contributed by atoms with Gasteiger partial charge in [0.15, 0.2) is 8.32 Å². The Labute approximate surface area is 155 Å². The molecule has 2 rings (SSSR count). The molecule has 7 nitrogen and oxygen atoms in total. The minimum absolute atomic E-state index is 0.0925. The summed E-state index contributed by atoms with van der Waals surface area (Å²) in [5.74, 6) is 0.435. The number of azide groups is 1. The lowest BCUT2D eigenvalue weighted by atomic mass is 9.99. The number of hydrogen-bond donors (Lipinski definition) is 0. The minimum Gasteiger partial charge on any atom is -0.481 e. The van der Waals surface area contributed by atoms with Crippen molar-refractivity contribution >= 4 is 19.4 Å². The van der Waals surface area contributed by atoms with E-state index in [-0.39, 0.29) is 11.0 Å². The Morgan fingerprint density at radius 1 is 1.27 bits per heavy atom. The molecule has 0 amide bonds. The summed E-state index contributed by atoms with van der Waals surface area (Å²) in [6, 6.07) is 5.58. The molecule has 26 heavy (non-hydrogen) atoms. The first kappa shape index (κ1) is 20.2.